The molecule has 0 radical (unpaired) electrons. The average Bonchev–Trinajstić information content (AvgIpc) is 2.92. The molecule has 1 fully saturated rings. The Hall–Kier alpha value is -2.64. The minimum absolute atomic E-state index is 0.248. The molecule has 1 N–H and O–H groups in total. The maximum absolute atomic E-state index is 12.9. The fourth-order valence-electron chi connectivity index (χ4n) is 4.02. The number of sulfonamides is 1. The summed E-state index contributed by atoms with van der Waals surface area (Å²) in [7, 11) is -3.51. The van der Waals surface area contributed by atoms with Crippen molar-refractivity contribution in [3.05, 3.63) is 58.8 Å². The van der Waals surface area contributed by atoms with Crippen molar-refractivity contribution >= 4 is 32.6 Å². The summed E-state index contributed by atoms with van der Waals surface area (Å²) in [5.74, 6) is -0.0894. The molecular formula is C24H28N2O4S. The van der Waals surface area contributed by atoms with Crippen LogP contribution in [0.25, 0.3) is 11.0 Å². The summed E-state index contributed by atoms with van der Waals surface area (Å²) in [5.41, 5.74) is 4.24. The van der Waals surface area contributed by atoms with Gasteiger partial charge in [-0.05, 0) is 81.1 Å². The summed E-state index contributed by atoms with van der Waals surface area (Å²) in [6.07, 6.45) is 3.92. The number of hydrogen-bond donors (Lipinski definition) is 1. The molecule has 3 aromatic rings. The van der Waals surface area contributed by atoms with Gasteiger partial charge in [0.05, 0.1) is 4.90 Å². The Morgan fingerprint density at radius 3 is 2.19 bits per heavy atom. The second-order valence-electron chi connectivity index (χ2n) is 8.29. The number of benzene rings is 2. The summed E-state index contributed by atoms with van der Waals surface area (Å²) >= 11 is 0. The quantitative estimate of drug-likeness (QED) is 0.607. The van der Waals surface area contributed by atoms with Gasteiger partial charge in [0.2, 0.25) is 10.0 Å². The van der Waals surface area contributed by atoms with Crippen molar-refractivity contribution in [2.75, 3.05) is 18.4 Å². The van der Waals surface area contributed by atoms with Gasteiger partial charge in [-0.3, -0.25) is 4.79 Å². The Balaban J connectivity index is 1.53. The highest BCUT2D eigenvalue weighted by Gasteiger charge is 2.25. The van der Waals surface area contributed by atoms with E-state index in [0.29, 0.717) is 24.4 Å². The van der Waals surface area contributed by atoms with Gasteiger partial charge in [0.1, 0.15) is 5.58 Å². The lowest BCUT2D eigenvalue weighted by Gasteiger charge is -2.20. The van der Waals surface area contributed by atoms with Gasteiger partial charge >= 0.3 is 0 Å². The van der Waals surface area contributed by atoms with Crippen LogP contribution < -0.4 is 5.32 Å². The van der Waals surface area contributed by atoms with Gasteiger partial charge in [0.15, 0.2) is 5.76 Å². The van der Waals surface area contributed by atoms with E-state index in [0.717, 1.165) is 47.8 Å². The van der Waals surface area contributed by atoms with E-state index in [9.17, 15) is 13.2 Å². The number of aryl methyl sites for hydroxylation is 3. The molecule has 2 heterocycles. The number of carbonyl (C=O) groups is 1. The number of anilines is 1. The zero-order valence-electron chi connectivity index (χ0n) is 18.2. The Morgan fingerprint density at radius 2 is 1.55 bits per heavy atom. The molecule has 0 spiro atoms. The normalized spacial score (nSPS) is 15.7. The SMILES string of the molecule is Cc1cc2oc(C(=O)Nc3ccc(S(=O)(=O)N4CCCCCC4)cc3)c(C)c2cc1C. The molecule has 164 valence electrons. The van der Waals surface area contributed by atoms with Crippen LogP contribution in [0.1, 0.15) is 52.9 Å². The number of fused-ring (bicyclic) bond motifs is 1. The molecule has 0 saturated carbocycles. The van der Waals surface area contributed by atoms with Crippen LogP contribution in [-0.2, 0) is 10.0 Å². The van der Waals surface area contributed by atoms with E-state index in [2.05, 4.69) is 5.32 Å². The molecular weight excluding hydrogens is 412 g/mol. The van der Waals surface area contributed by atoms with Crippen LogP contribution in [-0.4, -0.2) is 31.7 Å². The lowest BCUT2D eigenvalue weighted by Crippen LogP contribution is -2.31. The third-order valence-electron chi connectivity index (χ3n) is 6.07. The highest BCUT2D eigenvalue weighted by molar-refractivity contribution is 7.89. The van der Waals surface area contributed by atoms with Gasteiger partial charge in [0, 0.05) is 29.7 Å². The molecule has 1 aromatic heterocycles. The number of rotatable bonds is 4. The first-order chi connectivity index (χ1) is 14.8. The predicted octanol–water partition coefficient (Wildman–Crippen LogP) is 5.18. The Bertz CT molecular complexity index is 1220. The molecule has 1 amide bonds. The number of furan rings is 1. The average molecular weight is 441 g/mol. The second kappa shape index (κ2) is 8.48. The fraction of sp³-hybridized carbons (Fsp3) is 0.375. The van der Waals surface area contributed by atoms with Gasteiger partial charge in [0.25, 0.3) is 5.91 Å². The molecule has 0 aliphatic carbocycles. The molecule has 6 nitrogen and oxygen atoms in total. The Kier molecular flexibility index (Phi) is 5.90. The summed E-state index contributed by atoms with van der Waals surface area (Å²) in [5, 5.41) is 3.74. The van der Waals surface area contributed by atoms with Crippen LogP contribution >= 0.6 is 0 Å². The molecule has 2 aromatic carbocycles. The molecule has 1 aliphatic heterocycles. The largest absolute Gasteiger partial charge is 0.451 e. The van der Waals surface area contributed by atoms with Crippen LogP contribution in [0.3, 0.4) is 0 Å². The smallest absolute Gasteiger partial charge is 0.291 e. The maximum atomic E-state index is 12.9. The Morgan fingerprint density at radius 1 is 0.935 bits per heavy atom. The van der Waals surface area contributed by atoms with Crippen molar-refractivity contribution in [3.8, 4) is 0 Å². The van der Waals surface area contributed by atoms with Crippen molar-refractivity contribution in [3.63, 3.8) is 0 Å². The van der Waals surface area contributed by atoms with Crippen LogP contribution in [0.2, 0.25) is 0 Å². The number of nitrogens with zero attached hydrogens (tertiary/aromatic N) is 1. The molecule has 0 unspecified atom stereocenters. The van der Waals surface area contributed by atoms with E-state index in [-0.39, 0.29) is 16.6 Å². The van der Waals surface area contributed by atoms with Crippen molar-refractivity contribution < 1.29 is 17.6 Å². The van der Waals surface area contributed by atoms with Gasteiger partial charge in [-0.15, -0.1) is 0 Å². The third kappa shape index (κ3) is 4.25. The summed E-state index contributed by atoms with van der Waals surface area (Å²) in [6.45, 7) is 7.03. The molecule has 7 heteroatoms. The molecule has 4 rings (SSSR count). The number of nitrogens with one attached hydrogen (secondary N) is 1. The van der Waals surface area contributed by atoms with Crippen molar-refractivity contribution in [2.45, 2.75) is 51.3 Å². The molecule has 0 atom stereocenters. The second-order valence-corrected chi connectivity index (χ2v) is 10.2. The molecule has 31 heavy (non-hydrogen) atoms. The van der Waals surface area contributed by atoms with Crippen molar-refractivity contribution in [1.29, 1.82) is 0 Å². The van der Waals surface area contributed by atoms with Gasteiger partial charge in [-0.2, -0.15) is 4.31 Å². The predicted molar refractivity (Wildman–Crippen MR) is 122 cm³/mol. The zero-order chi connectivity index (χ0) is 22.2. The van der Waals surface area contributed by atoms with Crippen molar-refractivity contribution in [1.82, 2.24) is 4.31 Å². The van der Waals surface area contributed by atoms with Crippen LogP contribution in [0, 0.1) is 20.8 Å². The van der Waals surface area contributed by atoms with E-state index in [1.807, 2.05) is 32.9 Å². The molecule has 1 saturated heterocycles. The highest BCUT2D eigenvalue weighted by atomic mass is 32.2. The first-order valence-corrected chi connectivity index (χ1v) is 12.1. The van der Waals surface area contributed by atoms with Crippen LogP contribution in [0.15, 0.2) is 45.7 Å². The third-order valence-corrected chi connectivity index (χ3v) is 7.99. The monoisotopic (exact) mass is 440 g/mol. The minimum Gasteiger partial charge on any atom is -0.451 e. The maximum Gasteiger partial charge on any atom is 0.291 e. The zero-order valence-corrected chi connectivity index (χ0v) is 19.0. The van der Waals surface area contributed by atoms with E-state index in [1.165, 1.54) is 0 Å². The van der Waals surface area contributed by atoms with Gasteiger partial charge in [-0.25, -0.2) is 8.42 Å². The topological polar surface area (TPSA) is 79.6 Å². The highest BCUT2D eigenvalue weighted by Crippen LogP contribution is 2.29. The van der Waals surface area contributed by atoms with Crippen molar-refractivity contribution in [2.24, 2.45) is 0 Å². The van der Waals surface area contributed by atoms with Crippen LogP contribution in [0.5, 0.6) is 0 Å². The van der Waals surface area contributed by atoms with Gasteiger partial charge in [-0.1, -0.05) is 12.8 Å². The van der Waals surface area contributed by atoms with E-state index >= 15 is 0 Å². The molecule has 1 aliphatic rings. The van der Waals surface area contributed by atoms with Gasteiger partial charge < -0.3 is 9.73 Å². The van der Waals surface area contributed by atoms with E-state index in [1.54, 1.807) is 28.6 Å². The minimum atomic E-state index is -3.51. The molecule has 0 bridgehead atoms. The summed E-state index contributed by atoms with van der Waals surface area (Å²) in [4.78, 5) is 13.1. The summed E-state index contributed by atoms with van der Waals surface area (Å²) in [6, 6.07) is 10.3. The lowest BCUT2D eigenvalue weighted by molar-refractivity contribution is 0.0998. The number of amides is 1. The summed E-state index contributed by atoms with van der Waals surface area (Å²) < 4.78 is 33.2. The first kappa shape index (κ1) is 21.6. The van der Waals surface area contributed by atoms with E-state index < -0.39 is 10.0 Å². The number of hydrogen-bond acceptors (Lipinski definition) is 4. The van der Waals surface area contributed by atoms with Crippen LogP contribution in [0.4, 0.5) is 5.69 Å². The van der Waals surface area contributed by atoms with E-state index in [4.69, 9.17) is 4.42 Å². The number of carbonyl (C=O) groups excluding carboxylic acids is 1. The Labute approximate surface area is 183 Å². The lowest BCUT2D eigenvalue weighted by atomic mass is 10.1. The standard InChI is InChI=1S/C24H28N2O4S/c1-16-14-21-18(3)23(30-22(21)15-17(16)2)24(27)25-19-8-10-20(11-9-19)31(28,29)26-12-6-4-5-7-13-26/h8-11,14-15H,4-7,12-13H2,1-3H3,(H,25,27). The fourth-order valence-corrected chi connectivity index (χ4v) is 5.54. The first-order valence-electron chi connectivity index (χ1n) is 10.7.